The third-order valence-corrected chi connectivity index (χ3v) is 2.64. The first-order chi connectivity index (χ1) is 7.75. The second kappa shape index (κ2) is 4.99. The number of anilines is 1. The molecule has 0 saturated carbocycles. The Morgan fingerprint density at radius 2 is 2.06 bits per heavy atom. The standard InChI is InChI=1S/C12H15NO3/c14-12(15)9-4-6-10(7-5-9)13-11-3-1-2-8-16-11/h4-7,11,13H,1-3,8H2,(H,14,15). The lowest BCUT2D eigenvalue weighted by atomic mass is 10.1. The highest BCUT2D eigenvalue weighted by Gasteiger charge is 2.13. The molecule has 0 aliphatic carbocycles. The Morgan fingerprint density at radius 1 is 1.31 bits per heavy atom. The largest absolute Gasteiger partial charge is 0.478 e. The number of aromatic carboxylic acids is 1. The van der Waals surface area contributed by atoms with Gasteiger partial charge < -0.3 is 15.2 Å². The minimum Gasteiger partial charge on any atom is -0.478 e. The van der Waals surface area contributed by atoms with Gasteiger partial charge in [0.05, 0.1) is 5.56 Å². The fraction of sp³-hybridized carbons (Fsp3) is 0.417. The summed E-state index contributed by atoms with van der Waals surface area (Å²) in [6.07, 6.45) is 3.35. The van der Waals surface area contributed by atoms with E-state index in [1.165, 1.54) is 6.42 Å². The number of ether oxygens (including phenoxy) is 1. The molecule has 0 radical (unpaired) electrons. The average Bonchev–Trinajstić information content (AvgIpc) is 2.31. The van der Waals surface area contributed by atoms with E-state index in [4.69, 9.17) is 9.84 Å². The zero-order chi connectivity index (χ0) is 11.4. The van der Waals surface area contributed by atoms with Crippen LogP contribution in [0.15, 0.2) is 24.3 Å². The summed E-state index contributed by atoms with van der Waals surface area (Å²) in [4.78, 5) is 10.7. The van der Waals surface area contributed by atoms with Crippen LogP contribution in [0.1, 0.15) is 29.6 Å². The summed E-state index contributed by atoms with van der Waals surface area (Å²) in [6.45, 7) is 0.797. The van der Waals surface area contributed by atoms with Crippen LogP contribution >= 0.6 is 0 Å². The lowest BCUT2D eigenvalue weighted by molar-refractivity contribution is 0.0343. The molecule has 2 N–H and O–H groups in total. The molecule has 1 aromatic carbocycles. The highest BCUT2D eigenvalue weighted by atomic mass is 16.5. The van der Waals surface area contributed by atoms with E-state index in [2.05, 4.69) is 5.32 Å². The summed E-state index contributed by atoms with van der Waals surface area (Å²) in [7, 11) is 0. The van der Waals surface area contributed by atoms with Gasteiger partial charge in [-0.15, -0.1) is 0 Å². The van der Waals surface area contributed by atoms with Crippen LogP contribution in [0.5, 0.6) is 0 Å². The molecule has 0 bridgehead atoms. The van der Waals surface area contributed by atoms with Gasteiger partial charge in [0.15, 0.2) is 0 Å². The minimum absolute atomic E-state index is 0.0597. The van der Waals surface area contributed by atoms with Crippen molar-refractivity contribution in [1.29, 1.82) is 0 Å². The van der Waals surface area contributed by atoms with Crippen LogP contribution in [-0.2, 0) is 4.74 Å². The Morgan fingerprint density at radius 3 is 2.62 bits per heavy atom. The second-order valence-electron chi connectivity index (χ2n) is 3.88. The highest BCUT2D eigenvalue weighted by Crippen LogP contribution is 2.17. The van der Waals surface area contributed by atoms with E-state index >= 15 is 0 Å². The van der Waals surface area contributed by atoms with Crippen LogP contribution in [0.4, 0.5) is 5.69 Å². The number of nitrogens with one attached hydrogen (secondary N) is 1. The number of carboxylic acid groups (broad SMARTS) is 1. The van der Waals surface area contributed by atoms with E-state index in [1.807, 2.05) is 0 Å². The van der Waals surface area contributed by atoms with Crippen molar-refractivity contribution in [2.24, 2.45) is 0 Å². The maximum Gasteiger partial charge on any atom is 0.335 e. The van der Waals surface area contributed by atoms with Crippen LogP contribution in [0.3, 0.4) is 0 Å². The zero-order valence-electron chi connectivity index (χ0n) is 8.98. The summed E-state index contributed by atoms with van der Waals surface area (Å²) in [5.41, 5.74) is 1.20. The van der Waals surface area contributed by atoms with E-state index in [0.717, 1.165) is 25.1 Å². The van der Waals surface area contributed by atoms with E-state index in [0.29, 0.717) is 5.56 Å². The van der Waals surface area contributed by atoms with Crippen molar-refractivity contribution in [2.45, 2.75) is 25.5 Å². The van der Waals surface area contributed by atoms with Gasteiger partial charge in [0, 0.05) is 12.3 Å². The van der Waals surface area contributed by atoms with Gasteiger partial charge in [0.25, 0.3) is 0 Å². The normalized spacial score (nSPS) is 20.4. The summed E-state index contributed by atoms with van der Waals surface area (Å²) < 4.78 is 5.53. The first-order valence-electron chi connectivity index (χ1n) is 5.47. The SMILES string of the molecule is O=C(O)c1ccc(NC2CCCCO2)cc1. The first-order valence-corrected chi connectivity index (χ1v) is 5.47. The van der Waals surface area contributed by atoms with Crippen molar-refractivity contribution in [3.8, 4) is 0 Å². The molecule has 1 aromatic rings. The molecule has 2 rings (SSSR count). The molecule has 1 fully saturated rings. The van der Waals surface area contributed by atoms with E-state index in [9.17, 15) is 4.79 Å². The van der Waals surface area contributed by atoms with Crippen molar-refractivity contribution >= 4 is 11.7 Å². The highest BCUT2D eigenvalue weighted by molar-refractivity contribution is 5.87. The van der Waals surface area contributed by atoms with Crippen LogP contribution in [0, 0.1) is 0 Å². The fourth-order valence-electron chi connectivity index (χ4n) is 1.75. The second-order valence-corrected chi connectivity index (χ2v) is 3.88. The Kier molecular flexibility index (Phi) is 3.41. The van der Waals surface area contributed by atoms with Gasteiger partial charge in [0.1, 0.15) is 6.23 Å². The number of carboxylic acids is 1. The van der Waals surface area contributed by atoms with Gasteiger partial charge in [-0.25, -0.2) is 4.79 Å². The smallest absolute Gasteiger partial charge is 0.335 e. The number of hydrogen-bond donors (Lipinski definition) is 2. The van der Waals surface area contributed by atoms with Gasteiger partial charge >= 0.3 is 5.97 Å². The Labute approximate surface area is 94.2 Å². The molecule has 16 heavy (non-hydrogen) atoms. The Balaban J connectivity index is 1.96. The molecule has 1 atom stereocenters. The minimum atomic E-state index is -0.902. The number of rotatable bonds is 3. The quantitative estimate of drug-likeness (QED) is 0.822. The van der Waals surface area contributed by atoms with Crippen LogP contribution in [0.2, 0.25) is 0 Å². The van der Waals surface area contributed by atoms with Gasteiger partial charge in [-0.1, -0.05) is 0 Å². The number of hydrogen-bond acceptors (Lipinski definition) is 3. The predicted molar refractivity (Wildman–Crippen MR) is 60.6 cm³/mol. The molecule has 4 nitrogen and oxygen atoms in total. The lowest BCUT2D eigenvalue weighted by Crippen LogP contribution is -2.27. The third kappa shape index (κ3) is 2.73. The van der Waals surface area contributed by atoms with Crippen molar-refractivity contribution in [3.63, 3.8) is 0 Å². The van der Waals surface area contributed by atoms with E-state index < -0.39 is 5.97 Å². The van der Waals surface area contributed by atoms with Crippen LogP contribution in [0.25, 0.3) is 0 Å². The topological polar surface area (TPSA) is 58.6 Å². The van der Waals surface area contributed by atoms with Crippen molar-refractivity contribution in [2.75, 3.05) is 11.9 Å². The van der Waals surface area contributed by atoms with Gasteiger partial charge in [-0.2, -0.15) is 0 Å². The van der Waals surface area contributed by atoms with Crippen molar-refractivity contribution in [1.82, 2.24) is 0 Å². The summed E-state index contributed by atoms with van der Waals surface area (Å²) in [5, 5.41) is 12.0. The summed E-state index contributed by atoms with van der Waals surface area (Å²) in [5.74, 6) is -0.902. The molecule has 1 aliphatic heterocycles. The van der Waals surface area contributed by atoms with Crippen molar-refractivity contribution in [3.05, 3.63) is 29.8 Å². The zero-order valence-corrected chi connectivity index (χ0v) is 8.98. The average molecular weight is 221 g/mol. The predicted octanol–water partition coefficient (Wildman–Crippen LogP) is 2.32. The van der Waals surface area contributed by atoms with Crippen LogP contribution in [-0.4, -0.2) is 23.9 Å². The van der Waals surface area contributed by atoms with E-state index in [-0.39, 0.29) is 6.23 Å². The van der Waals surface area contributed by atoms with Gasteiger partial charge in [-0.05, 0) is 43.5 Å². The molecule has 1 heterocycles. The maximum atomic E-state index is 10.7. The van der Waals surface area contributed by atoms with Gasteiger partial charge in [-0.3, -0.25) is 0 Å². The number of benzene rings is 1. The number of carbonyl (C=O) groups is 1. The Bertz CT molecular complexity index is 355. The molecule has 1 aliphatic rings. The van der Waals surface area contributed by atoms with Crippen LogP contribution < -0.4 is 5.32 Å². The van der Waals surface area contributed by atoms with Gasteiger partial charge in [0.2, 0.25) is 0 Å². The first kappa shape index (κ1) is 11.0. The molecule has 1 unspecified atom stereocenters. The maximum absolute atomic E-state index is 10.7. The lowest BCUT2D eigenvalue weighted by Gasteiger charge is -2.24. The summed E-state index contributed by atoms with van der Waals surface area (Å²) >= 11 is 0. The molecule has 0 spiro atoms. The third-order valence-electron chi connectivity index (χ3n) is 2.64. The molecule has 0 amide bonds. The fourth-order valence-corrected chi connectivity index (χ4v) is 1.75. The van der Waals surface area contributed by atoms with Crippen molar-refractivity contribution < 1.29 is 14.6 Å². The van der Waals surface area contributed by atoms with E-state index in [1.54, 1.807) is 24.3 Å². The summed E-state index contributed by atoms with van der Waals surface area (Å²) in [6, 6.07) is 6.71. The molecule has 4 heteroatoms. The molecular formula is C12H15NO3. The molecular weight excluding hydrogens is 206 g/mol. The molecule has 0 aromatic heterocycles. The molecule has 1 saturated heterocycles. The monoisotopic (exact) mass is 221 g/mol. The molecule has 86 valence electrons. The Hall–Kier alpha value is -1.55.